The Morgan fingerprint density at radius 2 is 2.05 bits per heavy atom. The standard InChI is InChI=1S/C16H12BrFO3/c1-20-13-4-2-3-11(9-13)5-8-16(19)21-15-7-6-12(17)10-14(15)18/h2-10H,1H3/b8-5+. The third kappa shape index (κ3) is 4.43. The number of ether oxygens (including phenoxy) is 2. The minimum Gasteiger partial charge on any atom is -0.497 e. The van der Waals surface area contributed by atoms with Crippen LogP contribution in [-0.4, -0.2) is 13.1 Å². The van der Waals surface area contributed by atoms with Crippen LogP contribution < -0.4 is 9.47 Å². The SMILES string of the molecule is COc1cccc(/C=C/C(=O)Oc2ccc(Br)cc2F)c1. The Morgan fingerprint density at radius 1 is 1.24 bits per heavy atom. The maximum Gasteiger partial charge on any atom is 0.336 e. The summed E-state index contributed by atoms with van der Waals surface area (Å²) in [6.07, 6.45) is 2.80. The molecule has 0 saturated carbocycles. The van der Waals surface area contributed by atoms with Crippen molar-refractivity contribution in [2.45, 2.75) is 0 Å². The van der Waals surface area contributed by atoms with E-state index in [0.717, 1.165) is 5.56 Å². The summed E-state index contributed by atoms with van der Waals surface area (Å²) in [5.74, 6) is -0.686. The van der Waals surface area contributed by atoms with E-state index in [2.05, 4.69) is 15.9 Å². The average molecular weight is 351 g/mol. The normalized spacial score (nSPS) is 10.6. The summed E-state index contributed by atoms with van der Waals surface area (Å²) in [5, 5.41) is 0. The first-order valence-corrected chi connectivity index (χ1v) is 6.87. The predicted molar refractivity (Wildman–Crippen MR) is 81.8 cm³/mol. The third-order valence-electron chi connectivity index (χ3n) is 2.61. The van der Waals surface area contributed by atoms with Gasteiger partial charge in [0.15, 0.2) is 11.6 Å². The van der Waals surface area contributed by atoms with E-state index in [-0.39, 0.29) is 5.75 Å². The summed E-state index contributed by atoms with van der Waals surface area (Å²) >= 11 is 3.13. The van der Waals surface area contributed by atoms with Crippen molar-refractivity contribution >= 4 is 28.0 Å². The Labute approximate surface area is 130 Å². The van der Waals surface area contributed by atoms with Crippen LogP contribution in [0.3, 0.4) is 0 Å². The fourth-order valence-corrected chi connectivity index (χ4v) is 1.94. The zero-order valence-corrected chi connectivity index (χ0v) is 12.8. The lowest BCUT2D eigenvalue weighted by molar-refractivity contribution is -0.129. The lowest BCUT2D eigenvalue weighted by Gasteiger charge is -2.03. The molecule has 2 aromatic rings. The highest BCUT2D eigenvalue weighted by Gasteiger charge is 2.07. The van der Waals surface area contributed by atoms with Gasteiger partial charge in [0, 0.05) is 10.5 Å². The first-order chi connectivity index (χ1) is 10.1. The number of benzene rings is 2. The van der Waals surface area contributed by atoms with Crippen LogP contribution in [0.1, 0.15) is 5.56 Å². The summed E-state index contributed by atoms with van der Waals surface area (Å²) in [6, 6.07) is 11.4. The van der Waals surface area contributed by atoms with Crippen molar-refractivity contribution in [1.82, 2.24) is 0 Å². The quantitative estimate of drug-likeness (QED) is 0.470. The molecule has 0 aliphatic heterocycles. The second-order valence-electron chi connectivity index (χ2n) is 4.11. The molecule has 0 aromatic heterocycles. The molecule has 0 spiro atoms. The number of carbonyl (C=O) groups excluding carboxylic acids is 1. The molecule has 2 aromatic carbocycles. The Balaban J connectivity index is 2.05. The second-order valence-corrected chi connectivity index (χ2v) is 5.02. The number of esters is 1. The van der Waals surface area contributed by atoms with Crippen LogP contribution in [0.5, 0.6) is 11.5 Å². The summed E-state index contributed by atoms with van der Waals surface area (Å²) in [4.78, 5) is 11.7. The Kier molecular flexibility index (Phi) is 5.11. The Bertz CT molecular complexity index is 683. The van der Waals surface area contributed by atoms with Gasteiger partial charge in [0.05, 0.1) is 7.11 Å². The van der Waals surface area contributed by atoms with Crippen LogP contribution in [0.15, 0.2) is 53.0 Å². The highest BCUT2D eigenvalue weighted by atomic mass is 79.9. The van der Waals surface area contributed by atoms with Crippen LogP contribution in [0.2, 0.25) is 0 Å². The van der Waals surface area contributed by atoms with E-state index >= 15 is 0 Å². The summed E-state index contributed by atoms with van der Waals surface area (Å²) in [5.41, 5.74) is 0.780. The van der Waals surface area contributed by atoms with Crippen LogP contribution >= 0.6 is 15.9 Å². The van der Waals surface area contributed by atoms with Crippen LogP contribution in [-0.2, 0) is 4.79 Å². The van der Waals surface area contributed by atoms with Crippen LogP contribution in [0.4, 0.5) is 4.39 Å². The second kappa shape index (κ2) is 7.04. The molecule has 21 heavy (non-hydrogen) atoms. The first kappa shape index (κ1) is 15.3. The van der Waals surface area contributed by atoms with Crippen LogP contribution in [0.25, 0.3) is 6.08 Å². The molecule has 0 amide bonds. The van der Waals surface area contributed by atoms with Crippen molar-refractivity contribution in [2.75, 3.05) is 7.11 Å². The molecule has 0 aliphatic carbocycles. The number of rotatable bonds is 4. The largest absolute Gasteiger partial charge is 0.497 e. The van der Waals surface area contributed by atoms with Gasteiger partial charge in [-0.15, -0.1) is 0 Å². The fraction of sp³-hybridized carbons (Fsp3) is 0.0625. The van der Waals surface area contributed by atoms with Crippen molar-refractivity contribution in [3.63, 3.8) is 0 Å². The monoisotopic (exact) mass is 350 g/mol. The van der Waals surface area contributed by atoms with E-state index in [1.54, 1.807) is 37.5 Å². The molecule has 0 fully saturated rings. The summed E-state index contributed by atoms with van der Waals surface area (Å²) < 4.78 is 24.1. The van der Waals surface area contributed by atoms with Crippen molar-refractivity contribution < 1.29 is 18.7 Å². The number of carbonyl (C=O) groups is 1. The summed E-state index contributed by atoms with van der Waals surface area (Å²) in [7, 11) is 1.56. The topological polar surface area (TPSA) is 35.5 Å². The van der Waals surface area contributed by atoms with E-state index in [4.69, 9.17) is 9.47 Å². The molecular formula is C16H12BrFO3. The molecule has 0 saturated heterocycles. The molecule has 0 N–H and O–H groups in total. The van der Waals surface area contributed by atoms with Gasteiger partial charge in [0.1, 0.15) is 5.75 Å². The highest BCUT2D eigenvalue weighted by Crippen LogP contribution is 2.21. The van der Waals surface area contributed by atoms with Crippen molar-refractivity contribution in [3.05, 3.63) is 64.4 Å². The van der Waals surface area contributed by atoms with E-state index in [1.807, 2.05) is 6.07 Å². The third-order valence-corrected chi connectivity index (χ3v) is 3.10. The van der Waals surface area contributed by atoms with E-state index in [9.17, 15) is 9.18 Å². The van der Waals surface area contributed by atoms with Gasteiger partial charge in [-0.2, -0.15) is 0 Å². The number of halogens is 2. The van der Waals surface area contributed by atoms with E-state index < -0.39 is 11.8 Å². The van der Waals surface area contributed by atoms with Gasteiger partial charge in [0.2, 0.25) is 0 Å². The van der Waals surface area contributed by atoms with Crippen molar-refractivity contribution in [1.29, 1.82) is 0 Å². The molecular weight excluding hydrogens is 339 g/mol. The minimum atomic E-state index is -0.654. The smallest absolute Gasteiger partial charge is 0.336 e. The zero-order chi connectivity index (χ0) is 15.2. The molecule has 3 nitrogen and oxygen atoms in total. The van der Waals surface area contributed by atoms with Gasteiger partial charge in [0.25, 0.3) is 0 Å². The van der Waals surface area contributed by atoms with Gasteiger partial charge >= 0.3 is 5.97 Å². The lowest BCUT2D eigenvalue weighted by Crippen LogP contribution is -2.05. The van der Waals surface area contributed by atoms with Gasteiger partial charge in [-0.05, 0) is 42.0 Å². The Hall–Kier alpha value is -2.14. The molecule has 0 atom stereocenters. The predicted octanol–water partition coefficient (Wildman–Crippen LogP) is 4.22. The molecule has 108 valence electrons. The minimum absolute atomic E-state index is 0.113. The van der Waals surface area contributed by atoms with Gasteiger partial charge in [-0.1, -0.05) is 28.1 Å². The molecule has 0 bridgehead atoms. The maximum atomic E-state index is 13.5. The van der Waals surface area contributed by atoms with E-state index in [0.29, 0.717) is 10.2 Å². The van der Waals surface area contributed by atoms with Gasteiger partial charge in [-0.25, -0.2) is 9.18 Å². The maximum absolute atomic E-state index is 13.5. The van der Waals surface area contributed by atoms with Crippen molar-refractivity contribution in [2.24, 2.45) is 0 Å². The molecule has 2 rings (SSSR count). The van der Waals surface area contributed by atoms with Crippen LogP contribution in [0, 0.1) is 5.82 Å². The first-order valence-electron chi connectivity index (χ1n) is 6.07. The number of hydrogen-bond donors (Lipinski definition) is 0. The highest BCUT2D eigenvalue weighted by molar-refractivity contribution is 9.10. The molecule has 0 heterocycles. The average Bonchev–Trinajstić information content (AvgIpc) is 2.48. The Morgan fingerprint density at radius 3 is 2.76 bits per heavy atom. The summed E-state index contributed by atoms with van der Waals surface area (Å²) in [6.45, 7) is 0. The molecule has 0 unspecified atom stereocenters. The zero-order valence-electron chi connectivity index (χ0n) is 11.2. The lowest BCUT2D eigenvalue weighted by atomic mass is 10.2. The fourth-order valence-electron chi connectivity index (χ4n) is 1.61. The number of hydrogen-bond acceptors (Lipinski definition) is 3. The molecule has 0 radical (unpaired) electrons. The van der Waals surface area contributed by atoms with E-state index in [1.165, 1.54) is 18.2 Å². The molecule has 0 aliphatic rings. The van der Waals surface area contributed by atoms with Gasteiger partial charge in [-0.3, -0.25) is 0 Å². The van der Waals surface area contributed by atoms with Crippen molar-refractivity contribution in [3.8, 4) is 11.5 Å². The molecule has 5 heteroatoms. The van der Waals surface area contributed by atoms with Gasteiger partial charge < -0.3 is 9.47 Å². The number of methoxy groups -OCH3 is 1.